The van der Waals surface area contributed by atoms with E-state index in [0.717, 1.165) is 50.7 Å². The van der Waals surface area contributed by atoms with Gasteiger partial charge in [0.1, 0.15) is 0 Å². The molecule has 1 rings (SSSR count). The van der Waals surface area contributed by atoms with E-state index in [0.29, 0.717) is 24.7 Å². The van der Waals surface area contributed by atoms with E-state index in [4.69, 9.17) is 9.05 Å². The Morgan fingerprint density at radius 1 is 0.694 bits per heavy atom. The van der Waals surface area contributed by atoms with Crippen LogP contribution in [-0.4, -0.2) is 34.9 Å². The van der Waals surface area contributed by atoms with E-state index in [1.165, 1.54) is 12.1 Å². The monoisotopic (exact) mass is 550 g/mol. The van der Waals surface area contributed by atoms with Gasteiger partial charge in [-0.25, -0.2) is 18.7 Å². The lowest BCUT2D eigenvalue weighted by Crippen LogP contribution is -2.14. The molecule has 36 heavy (non-hydrogen) atoms. The van der Waals surface area contributed by atoms with Crippen molar-refractivity contribution in [1.82, 2.24) is 0 Å². The average Bonchev–Trinajstić information content (AvgIpc) is 2.77. The van der Waals surface area contributed by atoms with Crippen LogP contribution in [0.4, 0.5) is 0 Å². The molecular weight excluding hydrogens is 510 g/mol. The molecule has 206 valence electrons. The normalized spacial score (nSPS) is 14.9. The third-order valence-electron chi connectivity index (χ3n) is 5.12. The molecule has 0 aromatic heterocycles. The van der Waals surface area contributed by atoms with Crippen molar-refractivity contribution in [2.24, 2.45) is 11.8 Å². The topological polar surface area (TPSA) is 146 Å². The predicted molar refractivity (Wildman–Crippen MR) is 135 cm³/mol. The molecule has 2 atom stereocenters. The van der Waals surface area contributed by atoms with Crippen LogP contribution in [0.1, 0.15) is 99.8 Å². The van der Waals surface area contributed by atoms with Gasteiger partial charge >= 0.3 is 27.6 Å². The van der Waals surface area contributed by atoms with Gasteiger partial charge in [-0.3, -0.25) is 18.8 Å². The van der Waals surface area contributed by atoms with Crippen molar-refractivity contribution in [3.63, 3.8) is 0 Å². The van der Waals surface area contributed by atoms with E-state index < -0.39 is 38.7 Å². The first kappa shape index (κ1) is 32.5. The highest BCUT2D eigenvalue weighted by Gasteiger charge is 2.32. The van der Waals surface area contributed by atoms with Crippen LogP contribution in [0.15, 0.2) is 24.3 Å². The average molecular weight is 551 g/mol. The SMILES string of the molecule is CC(C)CCCCCOP(=O)(O)OC(=O)c1ccccc1C(=O)OP(=O)(O)OCCCCCC(C)C. The minimum absolute atomic E-state index is 0.0780. The van der Waals surface area contributed by atoms with Gasteiger partial charge in [0.05, 0.1) is 24.3 Å². The molecule has 2 N–H and O–H groups in total. The Kier molecular flexibility index (Phi) is 14.7. The number of carbonyl (C=O) groups is 2. The van der Waals surface area contributed by atoms with Crippen molar-refractivity contribution < 1.29 is 46.6 Å². The number of hydrogen-bond acceptors (Lipinski definition) is 8. The number of unbranched alkanes of at least 4 members (excludes halogenated alkanes) is 4. The lowest BCUT2D eigenvalue weighted by atomic mass is 10.1. The number of rotatable bonds is 18. The highest BCUT2D eigenvalue weighted by atomic mass is 31.2. The molecule has 0 aliphatic carbocycles. The fraction of sp³-hybridized carbons (Fsp3) is 0.667. The molecule has 0 aliphatic rings. The molecule has 0 saturated heterocycles. The second-order valence-corrected chi connectivity index (χ2v) is 12.1. The summed E-state index contributed by atoms with van der Waals surface area (Å²) in [5.74, 6) is -1.50. The van der Waals surface area contributed by atoms with Crippen LogP contribution >= 0.6 is 15.6 Å². The van der Waals surface area contributed by atoms with Gasteiger partial charge in [-0.1, -0.05) is 78.4 Å². The second-order valence-electron chi connectivity index (χ2n) is 9.39. The van der Waals surface area contributed by atoms with Gasteiger partial charge < -0.3 is 9.05 Å². The van der Waals surface area contributed by atoms with Crippen LogP contribution in [0, 0.1) is 11.8 Å². The summed E-state index contributed by atoms with van der Waals surface area (Å²) in [5.41, 5.74) is -0.850. The number of phosphoric acid groups is 2. The summed E-state index contributed by atoms with van der Waals surface area (Å²) in [4.78, 5) is 44.7. The molecule has 0 saturated carbocycles. The van der Waals surface area contributed by atoms with Gasteiger partial charge in [0.25, 0.3) is 0 Å². The number of phosphoric ester groups is 2. The summed E-state index contributed by atoms with van der Waals surface area (Å²) in [6, 6.07) is 5.08. The Morgan fingerprint density at radius 3 is 1.39 bits per heavy atom. The molecule has 0 heterocycles. The first-order valence-electron chi connectivity index (χ1n) is 12.3. The van der Waals surface area contributed by atoms with Crippen LogP contribution in [0.5, 0.6) is 0 Å². The molecule has 2 unspecified atom stereocenters. The Bertz CT molecular complexity index is 843. The second kappa shape index (κ2) is 16.3. The van der Waals surface area contributed by atoms with Crippen molar-refractivity contribution in [2.75, 3.05) is 13.2 Å². The van der Waals surface area contributed by atoms with Crippen LogP contribution in [-0.2, 0) is 27.2 Å². The Labute approximate surface area is 213 Å². The van der Waals surface area contributed by atoms with Gasteiger partial charge in [0.2, 0.25) is 0 Å². The maximum Gasteiger partial charge on any atom is 0.529 e. The molecule has 0 aliphatic heterocycles. The minimum Gasteiger partial charge on any atom is -0.367 e. The van der Waals surface area contributed by atoms with Crippen LogP contribution in [0.25, 0.3) is 0 Å². The van der Waals surface area contributed by atoms with Crippen molar-refractivity contribution in [2.45, 2.75) is 79.1 Å². The van der Waals surface area contributed by atoms with Gasteiger partial charge in [-0.2, -0.15) is 0 Å². The number of benzene rings is 1. The summed E-state index contributed by atoms with van der Waals surface area (Å²) in [7, 11) is -9.47. The summed E-state index contributed by atoms with van der Waals surface area (Å²) >= 11 is 0. The van der Waals surface area contributed by atoms with Crippen molar-refractivity contribution in [3.05, 3.63) is 35.4 Å². The highest BCUT2D eigenvalue weighted by molar-refractivity contribution is 7.48. The standard InChI is InChI=1S/C24H40O10P2/c1-19(2)13-7-5-11-17-31-35(27,28)33-23(25)21-15-9-10-16-22(21)24(26)34-36(29,30)32-18-12-6-8-14-20(3)4/h9-10,15-16,19-20H,5-8,11-14,17-18H2,1-4H3,(H,27,28)(H,29,30). The predicted octanol–water partition coefficient (Wildman–Crippen LogP) is 6.67. The maximum atomic E-state index is 12.5. The zero-order valence-corrected chi connectivity index (χ0v) is 23.4. The molecule has 1 aromatic rings. The van der Waals surface area contributed by atoms with Crippen LogP contribution < -0.4 is 0 Å². The summed E-state index contributed by atoms with van der Waals surface area (Å²) in [6.07, 6.45) is 6.57. The van der Waals surface area contributed by atoms with Crippen molar-refractivity contribution in [3.8, 4) is 0 Å². The van der Waals surface area contributed by atoms with Crippen LogP contribution in [0.2, 0.25) is 0 Å². The summed E-state index contributed by atoms with van der Waals surface area (Å²) in [6.45, 7) is 8.26. The van der Waals surface area contributed by atoms with E-state index in [9.17, 15) is 28.5 Å². The molecule has 0 fully saturated rings. The smallest absolute Gasteiger partial charge is 0.367 e. The zero-order chi connectivity index (χ0) is 27.2. The molecule has 12 heteroatoms. The molecular formula is C24H40O10P2. The molecule has 0 amide bonds. The summed E-state index contributed by atoms with van der Waals surface area (Å²) in [5, 5.41) is 0. The van der Waals surface area contributed by atoms with Crippen molar-refractivity contribution >= 4 is 27.6 Å². The Morgan fingerprint density at radius 2 is 1.06 bits per heavy atom. The molecule has 0 bridgehead atoms. The number of carbonyl (C=O) groups excluding carboxylic acids is 2. The largest absolute Gasteiger partial charge is 0.529 e. The maximum absolute atomic E-state index is 12.5. The third-order valence-corrected chi connectivity index (χ3v) is 6.93. The van der Waals surface area contributed by atoms with Gasteiger partial charge in [0.15, 0.2) is 0 Å². The molecule has 1 aromatic carbocycles. The van der Waals surface area contributed by atoms with E-state index in [-0.39, 0.29) is 13.2 Å². The summed E-state index contributed by atoms with van der Waals surface area (Å²) < 4.78 is 43.2. The Balaban J connectivity index is 2.62. The van der Waals surface area contributed by atoms with Gasteiger partial charge in [-0.05, 0) is 36.8 Å². The van der Waals surface area contributed by atoms with E-state index >= 15 is 0 Å². The lowest BCUT2D eigenvalue weighted by molar-refractivity contribution is 0.0591. The first-order valence-corrected chi connectivity index (χ1v) is 15.3. The number of hydrogen-bond donors (Lipinski definition) is 2. The quantitative estimate of drug-likeness (QED) is 0.150. The lowest BCUT2D eigenvalue weighted by Gasteiger charge is -2.15. The van der Waals surface area contributed by atoms with E-state index in [1.807, 2.05) is 0 Å². The van der Waals surface area contributed by atoms with Crippen molar-refractivity contribution in [1.29, 1.82) is 0 Å². The zero-order valence-electron chi connectivity index (χ0n) is 21.6. The minimum atomic E-state index is -4.73. The fourth-order valence-corrected chi connectivity index (χ4v) is 4.66. The molecule has 10 nitrogen and oxygen atoms in total. The molecule has 0 spiro atoms. The fourth-order valence-electron chi connectivity index (χ4n) is 3.22. The third kappa shape index (κ3) is 14.3. The molecule has 0 radical (unpaired) electrons. The van der Waals surface area contributed by atoms with Gasteiger partial charge in [-0.15, -0.1) is 0 Å². The van der Waals surface area contributed by atoms with Gasteiger partial charge in [0, 0.05) is 0 Å². The van der Waals surface area contributed by atoms with Crippen LogP contribution in [0.3, 0.4) is 0 Å². The first-order chi connectivity index (χ1) is 16.8. The van der Waals surface area contributed by atoms with E-state index in [2.05, 4.69) is 36.7 Å². The van der Waals surface area contributed by atoms with E-state index in [1.54, 1.807) is 0 Å². The highest BCUT2D eigenvalue weighted by Crippen LogP contribution is 2.46. The Hall–Kier alpha value is -1.54.